The third-order valence-corrected chi connectivity index (χ3v) is 4.55. The molecule has 0 aromatic carbocycles. The first kappa shape index (κ1) is 14.3. The maximum atomic E-state index is 12.1. The second-order valence-electron chi connectivity index (χ2n) is 4.70. The fraction of sp³-hybridized carbons (Fsp3) is 0.583. The molecule has 1 saturated heterocycles. The van der Waals surface area contributed by atoms with E-state index in [0.29, 0.717) is 23.7 Å². The Morgan fingerprint density at radius 1 is 1.63 bits per heavy atom. The lowest BCUT2D eigenvalue weighted by atomic mass is 9.98. The number of nitrogens with one attached hydrogen (secondary N) is 1. The van der Waals surface area contributed by atoms with E-state index in [1.54, 1.807) is 17.9 Å². The number of hydrogen-bond donors (Lipinski definition) is 2. The van der Waals surface area contributed by atoms with Crippen LogP contribution < -0.4 is 11.1 Å². The number of thiocarbonyl (C=S) groups is 1. The molecule has 0 bridgehead atoms. The number of nitrogens with zero attached hydrogens (tertiary/aromatic N) is 2. The minimum Gasteiger partial charge on any atom is -0.389 e. The van der Waals surface area contributed by atoms with Gasteiger partial charge in [-0.15, -0.1) is 0 Å². The SMILES string of the molecule is Cn1ncc(C(N)=S)c1NC(=O)CC1CCSCC1. The fourth-order valence-corrected chi connectivity index (χ4v) is 3.52. The van der Waals surface area contributed by atoms with Gasteiger partial charge in [-0.3, -0.25) is 9.48 Å². The normalized spacial score (nSPS) is 16.3. The van der Waals surface area contributed by atoms with Crippen molar-refractivity contribution in [2.24, 2.45) is 18.7 Å². The lowest BCUT2D eigenvalue weighted by Gasteiger charge is -2.20. The molecular weight excluding hydrogens is 280 g/mol. The molecule has 19 heavy (non-hydrogen) atoms. The topological polar surface area (TPSA) is 72.9 Å². The number of carbonyl (C=O) groups is 1. The van der Waals surface area contributed by atoms with Crippen LogP contribution in [0, 0.1) is 5.92 Å². The van der Waals surface area contributed by atoms with Crippen molar-refractivity contribution in [2.45, 2.75) is 19.3 Å². The van der Waals surface area contributed by atoms with Crippen molar-refractivity contribution < 1.29 is 4.79 Å². The largest absolute Gasteiger partial charge is 0.389 e. The van der Waals surface area contributed by atoms with Crippen LogP contribution in [0.3, 0.4) is 0 Å². The number of aromatic nitrogens is 2. The Hall–Kier alpha value is -1.08. The molecule has 2 rings (SSSR count). The lowest BCUT2D eigenvalue weighted by Crippen LogP contribution is -2.22. The summed E-state index contributed by atoms with van der Waals surface area (Å²) in [7, 11) is 1.76. The van der Waals surface area contributed by atoms with E-state index in [4.69, 9.17) is 18.0 Å². The van der Waals surface area contributed by atoms with E-state index in [2.05, 4.69) is 10.4 Å². The summed E-state index contributed by atoms with van der Waals surface area (Å²) in [5, 5.41) is 6.94. The third kappa shape index (κ3) is 3.70. The molecule has 0 unspecified atom stereocenters. The highest BCUT2D eigenvalue weighted by molar-refractivity contribution is 7.99. The van der Waals surface area contributed by atoms with Crippen LogP contribution in [-0.2, 0) is 11.8 Å². The zero-order valence-corrected chi connectivity index (χ0v) is 12.5. The summed E-state index contributed by atoms with van der Waals surface area (Å²) < 4.78 is 1.59. The van der Waals surface area contributed by atoms with Gasteiger partial charge in [0, 0.05) is 13.5 Å². The number of amides is 1. The molecule has 2 heterocycles. The molecule has 1 fully saturated rings. The number of rotatable bonds is 4. The van der Waals surface area contributed by atoms with Crippen LogP contribution in [0.2, 0.25) is 0 Å². The zero-order valence-electron chi connectivity index (χ0n) is 10.9. The van der Waals surface area contributed by atoms with Crippen LogP contribution >= 0.6 is 24.0 Å². The van der Waals surface area contributed by atoms with Crippen molar-refractivity contribution in [3.05, 3.63) is 11.8 Å². The second kappa shape index (κ2) is 6.38. The van der Waals surface area contributed by atoms with Gasteiger partial charge in [0.05, 0.1) is 11.8 Å². The van der Waals surface area contributed by atoms with Gasteiger partial charge < -0.3 is 11.1 Å². The molecule has 0 aliphatic carbocycles. The van der Waals surface area contributed by atoms with Gasteiger partial charge in [-0.05, 0) is 30.3 Å². The van der Waals surface area contributed by atoms with Gasteiger partial charge in [-0.25, -0.2) is 0 Å². The summed E-state index contributed by atoms with van der Waals surface area (Å²) >= 11 is 6.91. The van der Waals surface area contributed by atoms with Crippen molar-refractivity contribution in [1.29, 1.82) is 0 Å². The molecule has 104 valence electrons. The van der Waals surface area contributed by atoms with Gasteiger partial charge in [0.1, 0.15) is 10.8 Å². The first-order chi connectivity index (χ1) is 9.08. The number of nitrogens with two attached hydrogens (primary N) is 1. The molecule has 1 aliphatic heterocycles. The van der Waals surface area contributed by atoms with Crippen LogP contribution in [0.1, 0.15) is 24.8 Å². The van der Waals surface area contributed by atoms with E-state index in [9.17, 15) is 4.79 Å². The second-order valence-corrected chi connectivity index (χ2v) is 6.37. The van der Waals surface area contributed by atoms with E-state index in [-0.39, 0.29) is 10.9 Å². The Bertz CT molecular complexity index is 480. The number of anilines is 1. The highest BCUT2D eigenvalue weighted by Crippen LogP contribution is 2.25. The average Bonchev–Trinajstić information content (AvgIpc) is 2.72. The first-order valence-corrected chi connectivity index (χ1v) is 7.83. The summed E-state index contributed by atoms with van der Waals surface area (Å²) in [6, 6.07) is 0. The maximum Gasteiger partial charge on any atom is 0.225 e. The Morgan fingerprint density at radius 3 is 2.95 bits per heavy atom. The Kier molecular flexibility index (Phi) is 4.81. The summed E-state index contributed by atoms with van der Waals surface area (Å²) in [6.45, 7) is 0. The van der Waals surface area contributed by atoms with Gasteiger partial charge in [-0.2, -0.15) is 16.9 Å². The smallest absolute Gasteiger partial charge is 0.225 e. The zero-order chi connectivity index (χ0) is 13.8. The van der Waals surface area contributed by atoms with E-state index in [0.717, 1.165) is 24.3 Å². The highest BCUT2D eigenvalue weighted by atomic mass is 32.2. The summed E-state index contributed by atoms with van der Waals surface area (Å²) in [5.41, 5.74) is 6.23. The van der Waals surface area contributed by atoms with Gasteiger partial charge in [0.25, 0.3) is 0 Å². The van der Waals surface area contributed by atoms with Crippen molar-refractivity contribution in [1.82, 2.24) is 9.78 Å². The molecular formula is C12H18N4OS2. The van der Waals surface area contributed by atoms with Gasteiger partial charge >= 0.3 is 0 Å². The van der Waals surface area contributed by atoms with Gasteiger partial charge in [0.15, 0.2) is 0 Å². The monoisotopic (exact) mass is 298 g/mol. The van der Waals surface area contributed by atoms with E-state index in [1.165, 1.54) is 0 Å². The minimum absolute atomic E-state index is 0.0120. The van der Waals surface area contributed by atoms with Crippen molar-refractivity contribution >= 4 is 40.7 Å². The van der Waals surface area contributed by atoms with Crippen LogP contribution in [0.25, 0.3) is 0 Å². The standard InChI is InChI=1S/C12H18N4OS2/c1-16-12(9(7-14-16)11(13)18)15-10(17)6-8-2-4-19-5-3-8/h7-8H,2-6H2,1H3,(H2,13,18)(H,15,17). The molecule has 0 spiro atoms. The summed E-state index contributed by atoms with van der Waals surface area (Å²) in [5.74, 6) is 3.40. The minimum atomic E-state index is 0.0120. The predicted octanol–water partition coefficient (Wildman–Crippen LogP) is 1.53. The molecule has 1 amide bonds. The average molecular weight is 298 g/mol. The lowest BCUT2D eigenvalue weighted by molar-refractivity contribution is -0.117. The summed E-state index contributed by atoms with van der Waals surface area (Å²) in [4.78, 5) is 12.3. The Morgan fingerprint density at radius 2 is 2.32 bits per heavy atom. The van der Waals surface area contributed by atoms with E-state index < -0.39 is 0 Å². The summed E-state index contributed by atoms with van der Waals surface area (Å²) in [6.07, 6.45) is 4.37. The van der Waals surface area contributed by atoms with Crippen molar-refractivity contribution in [2.75, 3.05) is 16.8 Å². The number of hydrogen-bond acceptors (Lipinski definition) is 4. The number of thioether (sulfide) groups is 1. The number of aryl methyl sites for hydroxylation is 1. The Labute approximate surface area is 122 Å². The molecule has 1 aromatic rings. The molecule has 1 aromatic heterocycles. The van der Waals surface area contributed by atoms with Crippen LogP contribution in [0.5, 0.6) is 0 Å². The maximum absolute atomic E-state index is 12.1. The predicted molar refractivity (Wildman–Crippen MR) is 82.4 cm³/mol. The molecule has 0 atom stereocenters. The van der Waals surface area contributed by atoms with Crippen molar-refractivity contribution in [3.63, 3.8) is 0 Å². The molecule has 0 radical (unpaired) electrons. The molecule has 1 aliphatic rings. The van der Waals surface area contributed by atoms with Crippen LogP contribution in [0.15, 0.2) is 6.20 Å². The van der Waals surface area contributed by atoms with Gasteiger partial charge in [0.2, 0.25) is 5.91 Å². The van der Waals surface area contributed by atoms with E-state index in [1.807, 2.05) is 11.8 Å². The molecule has 7 heteroatoms. The van der Waals surface area contributed by atoms with Crippen LogP contribution in [-0.4, -0.2) is 32.2 Å². The number of carbonyl (C=O) groups excluding carboxylic acids is 1. The van der Waals surface area contributed by atoms with Gasteiger partial charge in [-0.1, -0.05) is 12.2 Å². The van der Waals surface area contributed by atoms with Crippen LogP contribution in [0.4, 0.5) is 5.82 Å². The highest BCUT2D eigenvalue weighted by Gasteiger charge is 2.19. The molecule has 5 nitrogen and oxygen atoms in total. The Balaban J connectivity index is 1.98. The first-order valence-electron chi connectivity index (χ1n) is 6.27. The van der Waals surface area contributed by atoms with Crippen molar-refractivity contribution in [3.8, 4) is 0 Å². The molecule has 0 saturated carbocycles. The third-order valence-electron chi connectivity index (χ3n) is 3.28. The van der Waals surface area contributed by atoms with E-state index >= 15 is 0 Å². The fourth-order valence-electron chi connectivity index (χ4n) is 2.16. The quantitative estimate of drug-likeness (QED) is 0.825. The molecule has 3 N–H and O–H groups in total.